The summed E-state index contributed by atoms with van der Waals surface area (Å²) >= 11 is 0. The molecule has 1 heterocycles. The van der Waals surface area contributed by atoms with Crippen molar-refractivity contribution < 1.29 is 13.5 Å². The van der Waals surface area contributed by atoms with Gasteiger partial charge in [0.05, 0.1) is 10.9 Å². The molecule has 0 amide bonds. The molecular formula is C18H22N2O3S. The fraction of sp³-hybridized carbons (Fsp3) is 0.556. The van der Waals surface area contributed by atoms with Gasteiger partial charge in [0.25, 0.3) is 10.0 Å². The summed E-state index contributed by atoms with van der Waals surface area (Å²) in [7, 11) is -3.64. The van der Waals surface area contributed by atoms with Crippen molar-refractivity contribution in [3.8, 4) is 5.88 Å². The van der Waals surface area contributed by atoms with Crippen molar-refractivity contribution in [1.29, 1.82) is 0 Å². The van der Waals surface area contributed by atoms with Crippen molar-refractivity contribution in [2.24, 2.45) is 23.7 Å². The van der Waals surface area contributed by atoms with E-state index in [1.807, 2.05) is 0 Å². The van der Waals surface area contributed by atoms with E-state index < -0.39 is 10.0 Å². The number of rotatable bonds is 3. The first kappa shape index (κ1) is 14.6. The van der Waals surface area contributed by atoms with Crippen LogP contribution in [0.25, 0.3) is 0 Å². The third-order valence-corrected chi connectivity index (χ3v) is 8.06. The van der Waals surface area contributed by atoms with Gasteiger partial charge in [-0.15, -0.1) is 0 Å². The Labute approximate surface area is 141 Å². The summed E-state index contributed by atoms with van der Waals surface area (Å²) < 4.78 is 28.8. The number of nitrogens with zero attached hydrogens (tertiary/aromatic N) is 2. The highest BCUT2D eigenvalue weighted by Crippen LogP contribution is 2.59. The molecule has 0 spiro atoms. The lowest BCUT2D eigenvalue weighted by atomic mass is 9.54. The molecule has 128 valence electrons. The highest BCUT2D eigenvalue weighted by Gasteiger charge is 2.50. The highest BCUT2D eigenvalue weighted by atomic mass is 32.2. The molecule has 6 heteroatoms. The number of hydrogen-bond donors (Lipinski definition) is 1. The molecule has 0 aliphatic heterocycles. The molecule has 4 saturated carbocycles. The van der Waals surface area contributed by atoms with Crippen molar-refractivity contribution in [3.63, 3.8) is 0 Å². The van der Waals surface area contributed by atoms with Gasteiger partial charge in [-0.05, 0) is 67.9 Å². The van der Waals surface area contributed by atoms with E-state index in [1.165, 1.54) is 42.4 Å². The Morgan fingerprint density at radius 1 is 0.917 bits per heavy atom. The molecule has 0 unspecified atom stereocenters. The second-order valence-electron chi connectivity index (χ2n) is 7.84. The Morgan fingerprint density at radius 2 is 1.50 bits per heavy atom. The summed E-state index contributed by atoms with van der Waals surface area (Å²) in [4.78, 5) is 0.266. The summed E-state index contributed by atoms with van der Waals surface area (Å²) in [5, 5.41) is 10.3. The fourth-order valence-corrected chi connectivity index (χ4v) is 7.10. The first-order valence-corrected chi connectivity index (χ1v) is 10.3. The maximum Gasteiger partial charge on any atom is 0.281 e. The predicted molar refractivity (Wildman–Crippen MR) is 89.2 cm³/mol. The molecule has 24 heavy (non-hydrogen) atoms. The molecule has 4 bridgehead atoms. The van der Waals surface area contributed by atoms with Gasteiger partial charge in [0.1, 0.15) is 6.20 Å². The minimum Gasteiger partial charge on any atom is -0.492 e. The molecule has 4 fully saturated rings. The van der Waals surface area contributed by atoms with Crippen LogP contribution < -0.4 is 0 Å². The number of hydrogen-bond acceptors (Lipinski definition) is 3. The second-order valence-corrected chi connectivity index (χ2v) is 9.64. The van der Waals surface area contributed by atoms with E-state index in [1.54, 1.807) is 35.0 Å². The smallest absolute Gasteiger partial charge is 0.281 e. The Bertz CT molecular complexity index is 837. The average Bonchev–Trinajstić information content (AvgIpc) is 2.56. The zero-order chi connectivity index (χ0) is 16.5. The van der Waals surface area contributed by atoms with E-state index >= 15 is 0 Å². The molecule has 1 N–H and O–H groups in total. The quantitative estimate of drug-likeness (QED) is 0.928. The normalized spacial score (nSPS) is 34.8. The molecule has 4 aliphatic carbocycles. The number of benzene rings is 1. The zero-order valence-corrected chi connectivity index (χ0v) is 14.3. The van der Waals surface area contributed by atoms with E-state index in [0.29, 0.717) is 11.8 Å². The average molecular weight is 346 g/mol. The summed E-state index contributed by atoms with van der Waals surface area (Å²) in [6.07, 6.45) is 7.42. The lowest BCUT2D eigenvalue weighted by Gasteiger charge is -2.55. The van der Waals surface area contributed by atoms with E-state index in [-0.39, 0.29) is 16.8 Å². The van der Waals surface area contributed by atoms with Gasteiger partial charge in [-0.2, -0.15) is 12.5 Å². The van der Waals surface area contributed by atoms with Gasteiger partial charge in [0, 0.05) is 0 Å². The first-order valence-electron chi connectivity index (χ1n) is 8.83. The maximum atomic E-state index is 12.9. The molecule has 4 aliphatic rings. The van der Waals surface area contributed by atoms with Crippen molar-refractivity contribution in [2.75, 3.05) is 0 Å². The molecule has 0 radical (unpaired) electrons. The van der Waals surface area contributed by atoms with Gasteiger partial charge in [0.15, 0.2) is 0 Å². The zero-order valence-electron chi connectivity index (χ0n) is 13.5. The summed E-state index contributed by atoms with van der Waals surface area (Å²) in [5.41, 5.74) is 0. The van der Waals surface area contributed by atoms with Gasteiger partial charge < -0.3 is 5.11 Å². The minimum absolute atomic E-state index is 0.0898. The molecule has 1 aromatic heterocycles. The Hall–Kier alpha value is -1.69. The van der Waals surface area contributed by atoms with Crippen LogP contribution in [0.15, 0.2) is 41.4 Å². The van der Waals surface area contributed by atoms with E-state index in [2.05, 4.69) is 0 Å². The van der Waals surface area contributed by atoms with E-state index in [9.17, 15) is 13.5 Å². The summed E-state index contributed by atoms with van der Waals surface area (Å²) in [5.74, 6) is 2.73. The third kappa shape index (κ3) is 1.95. The van der Waals surface area contributed by atoms with Crippen LogP contribution in [-0.4, -0.2) is 22.3 Å². The molecule has 2 aromatic rings. The molecular weight excluding hydrogens is 324 g/mol. The van der Waals surface area contributed by atoms with E-state index in [0.717, 1.165) is 11.8 Å². The van der Waals surface area contributed by atoms with Gasteiger partial charge in [-0.3, -0.25) is 0 Å². The van der Waals surface area contributed by atoms with E-state index in [4.69, 9.17) is 0 Å². The lowest BCUT2D eigenvalue weighted by Crippen LogP contribution is -2.48. The molecule has 0 saturated heterocycles. The van der Waals surface area contributed by atoms with Gasteiger partial charge in [-0.25, -0.2) is 4.68 Å². The molecule has 1 aromatic carbocycles. The number of aromatic nitrogens is 2. The van der Waals surface area contributed by atoms with Gasteiger partial charge in [-0.1, -0.05) is 18.2 Å². The fourth-order valence-electron chi connectivity index (χ4n) is 5.73. The monoisotopic (exact) mass is 346 g/mol. The van der Waals surface area contributed by atoms with Crippen LogP contribution in [0.1, 0.15) is 38.1 Å². The largest absolute Gasteiger partial charge is 0.492 e. The van der Waals surface area contributed by atoms with Crippen molar-refractivity contribution in [2.45, 2.75) is 43.0 Å². The van der Waals surface area contributed by atoms with Crippen molar-refractivity contribution in [1.82, 2.24) is 8.77 Å². The highest BCUT2D eigenvalue weighted by molar-refractivity contribution is 7.89. The van der Waals surface area contributed by atoms with Gasteiger partial charge >= 0.3 is 0 Å². The second kappa shape index (κ2) is 4.91. The standard InChI is InChI=1S/C18H22N2O3S/c21-17-11-19(24(22,23)16-4-2-1-3-5-16)20(17)18-14-7-12-6-13(9-14)10-15(18)8-12/h1-5,11-15,18,21H,6-10H2. The van der Waals surface area contributed by atoms with Gasteiger partial charge in [0.2, 0.25) is 5.88 Å². The van der Waals surface area contributed by atoms with Crippen molar-refractivity contribution in [3.05, 3.63) is 36.5 Å². The summed E-state index contributed by atoms with van der Waals surface area (Å²) in [6, 6.07) is 8.59. The van der Waals surface area contributed by atoms with Crippen LogP contribution in [0.3, 0.4) is 0 Å². The predicted octanol–water partition coefficient (Wildman–Crippen LogP) is 3.23. The third-order valence-electron chi connectivity index (χ3n) is 6.42. The van der Waals surface area contributed by atoms with Crippen LogP contribution in [0.4, 0.5) is 0 Å². The molecule has 5 nitrogen and oxygen atoms in total. The topological polar surface area (TPSA) is 64.2 Å². The van der Waals surface area contributed by atoms with Crippen LogP contribution in [0.5, 0.6) is 5.88 Å². The lowest BCUT2D eigenvalue weighted by molar-refractivity contribution is -0.0410. The van der Waals surface area contributed by atoms with Crippen molar-refractivity contribution >= 4 is 10.0 Å². The number of aromatic hydroxyl groups is 1. The minimum atomic E-state index is -3.64. The Morgan fingerprint density at radius 3 is 2.04 bits per heavy atom. The molecule has 0 atom stereocenters. The SMILES string of the molecule is O=S(=O)(c1ccccc1)n1cc(O)n1C1C2CC3CC(C2)CC1C3. The van der Waals surface area contributed by atoms with Crippen LogP contribution in [0.2, 0.25) is 0 Å². The Kier molecular flexibility index (Phi) is 2.99. The molecule has 6 rings (SSSR count). The first-order chi connectivity index (χ1) is 11.5. The van der Waals surface area contributed by atoms with Crippen LogP contribution in [-0.2, 0) is 10.0 Å². The summed E-state index contributed by atoms with van der Waals surface area (Å²) in [6.45, 7) is 0. The van der Waals surface area contributed by atoms with Crippen LogP contribution in [0, 0.1) is 23.7 Å². The Balaban J connectivity index is 1.56. The van der Waals surface area contributed by atoms with Crippen LogP contribution >= 0.6 is 0 Å². The maximum absolute atomic E-state index is 12.9.